The summed E-state index contributed by atoms with van der Waals surface area (Å²) in [7, 11) is 0. The largest absolute Gasteiger partial charge is 0.465 e. The molecule has 26 heavy (non-hydrogen) atoms. The number of carbonyl (C=O) groups excluding carboxylic acids is 2. The lowest BCUT2D eigenvalue weighted by Gasteiger charge is -2.32. The Labute approximate surface area is 153 Å². The lowest BCUT2D eigenvalue weighted by molar-refractivity contribution is -0.148. The van der Waals surface area contributed by atoms with Crippen molar-refractivity contribution < 1.29 is 18.7 Å². The van der Waals surface area contributed by atoms with Crippen molar-refractivity contribution in [2.45, 2.75) is 19.3 Å². The first kappa shape index (κ1) is 18.0. The molecule has 1 saturated heterocycles. The van der Waals surface area contributed by atoms with Gasteiger partial charge in [0.1, 0.15) is 5.76 Å². The van der Waals surface area contributed by atoms with Crippen LogP contribution in [0.2, 0.25) is 0 Å². The summed E-state index contributed by atoms with van der Waals surface area (Å²) in [6, 6.07) is 13.9. The minimum absolute atomic E-state index is 0.136. The number of benzene rings is 1. The van der Waals surface area contributed by atoms with E-state index in [1.165, 1.54) is 24.0 Å². The lowest BCUT2D eigenvalue weighted by atomic mass is 9.90. The third kappa shape index (κ3) is 5.34. The van der Waals surface area contributed by atoms with Crippen LogP contribution in [0, 0.1) is 5.92 Å². The van der Waals surface area contributed by atoms with Crippen LogP contribution in [-0.4, -0.2) is 36.5 Å². The minimum atomic E-state index is -0.547. The Kier molecular flexibility index (Phi) is 6.25. The summed E-state index contributed by atoms with van der Waals surface area (Å²) in [5.74, 6) is 0.477. The fourth-order valence-electron chi connectivity index (χ4n) is 3.14. The number of furan rings is 1. The van der Waals surface area contributed by atoms with Gasteiger partial charge >= 0.3 is 5.97 Å². The van der Waals surface area contributed by atoms with Gasteiger partial charge in [-0.3, -0.25) is 4.79 Å². The van der Waals surface area contributed by atoms with Crippen molar-refractivity contribution >= 4 is 18.0 Å². The minimum Gasteiger partial charge on any atom is -0.465 e. The predicted molar refractivity (Wildman–Crippen MR) is 98.2 cm³/mol. The zero-order valence-electron chi connectivity index (χ0n) is 14.7. The smallest absolute Gasteiger partial charge is 0.331 e. The van der Waals surface area contributed by atoms with Crippen molar-refractivity contribution in [3.63, 3.8) is 0 Å². The molecule has 0 aliphatic carbocycles. The molecule has 2 aromatic rings. The number of nitrogens with zero attached hydrogens (tertiary/aromatic N) is 1. The normalized spacial score (nSPS) is 15.3. The Morgan fingerprint density at radius 2 is 1.88 bits per heavy atom. The van der Waals surface area contributed by atoms with Crippen LogP contribution >= 0.6 is 0 Å². The molecule has 0 spiro atoms. The van der Waals surface area contributed by atoms with Crippen LogP contribution in [0.25, 0.3) is 6.08 Å². The molecule has 1 amide bonds. The molecule has 0 N–H and O–H groups in total. The van der Waals surface area contributed by atoms with E-state index in [0.717, 1.165) is 32.4 Å². The highest BCUT2D eigenvalue weighted by atomic mass is 16.5. The summed E-state index contributed by atoms with van der Waals surface area (Å²) >= 11 is 0. The van der Waals surface area contributed by atoms with Crippen LogP contribution in [0.15, 0.2) is 59.2 Å². The zero-order valence-corrected chi connectivity index (χ0v) is 14.7. The fraction of sp³-hybridized carbons (Fsp3) is 0.333. The summed E-state index contributed by atoms with van der Waals surface area (Å²) < 4.78 is 10.1. The summed E-state index contributed by atoms with van der Waals surface area (Å²) in [4.78, 5) is 25.6. The van der Waals surface area contributed by atoms with E-state index in [-0.39, 0.29) is 12.5 Å². The number of rotatable bonds is 6. The van der Waals surface area contributed by atoms with Gasteiger partial charge < -0.3 is 14.1 Å². The van der Waals surface area contributed by atoms with Gasteiger partial charge in [-0.05, 0) is 49.0 Å². The second-order valence-corrected chi connectivity index (χ2v) is 6.47. The second kappa shape index (κ2) is 9.04. The van der Waals surface area contributed by atoms with Crippen LogP contribution in [0.3, 0.4) is 0 Å². The summed E-state index contributed by atoms with van der Waals surface area (Å²) in [6.45, 7) is 1.22. The van der Waals surface area contributed by atoms with Gasteiger partial charge in [-0.2, -0.15) is 0 Å². The van der Waals surface area contributed by atoms with Gasteiger partial charge in [0.25, 0.3) is 5.91 Å². The molecule has 0 bridgehead atoms. The average molecular weight is 353 g/mol. The summed E-state index contributed by atoms with van der Waals surface area (Å²) in [5.41, 5.74) is 1.34. The SMILES string of the molecule is O=C(/C=C/c1ccco1)OCC(=O)N1CCC(Cc2ccccc2)CC1. The molecule has 1 aromatic carbocycles. The number of hydrogen-bond acceptors (Lipinski definition) is 4. The molecule has 3 rings (SSSR count). The molecule has 2 heterocycles. The molecule has 5 nitrogen and oxygen atoms in total. The fourth-order valence-corrected chi connectivity index (χ4v) is 3.14. The predicted octanol–water partition coefficient (Wildman–Crippen LogP) is 3.32. The average Bonchev–Trinajstić information content (AvgIpc) is 3.19. The number of amides is 1. The summed E-state index contributed by atoms with van der Waals surface area (Å²) in [6.07, 6.45) is 7.31. The topological polar surface area (TPSA) is 59.8 Å². The van der Waals surface area contributed by atoms with Crippen molar-refractivity contribution in [1.82, 2.24) is 4.90 Å². The van der Waals surface area contributed by atoms with E-state index in [0.29, 0.717) is 11.7 Å². The molecule has 5 heteroatoms. The second-order valence-electron chi connectivity index (χ2n) is 6.47. The van der Waals surface area contributed by atoms with Gasteiger partial charge in [0, 0.05) is 19.2 Å². The highest BCUT2D eigenvalue weighted by Gasteiger charge is 2.23. The van der Waals surface area contributed by atoms with Gasteiger partial charge in [-0.1, -0.05) is 30.3 Å². The molecule has 1 aliphatic rings. The van der Waals surface area contributed by atoms with Crippen molar-refractivity contribution in [3.05, 3.63) is 66.1 Å². The number of piperidine rings is 1. The van der Waals surface area contributed by atoms with Crippen LogP contribution in [0.1, 0.15) is 24.2 Å². The maximum absolute atomic E-state index is 12.2. The van der Waals surface area contributed by atoms with Crippen LogP contribution in [0.5, 0.6) is 0 Å². The molecule has 0 atom stereocenters. The van der Waals surface area contributed by atoms with Crippen molar-refractivity contribution in [2.75, 3.05) is 19.7 Å². The highest BCUT2D eigenvalue weighted by Crippen LogP contribution is 2.21. The van der Waals surface area contributed by atoms with Gasteiger partial charge in [-0.15, -0.1) is 0 Å². The Morgan fingerprint density at radius 1 is 1.12 bits per heavy atom. The van der Waals surface area contributed by atoms with Crippen LogP contribution in [-0.2, 0) is 20.7 Å². The van der Waals surface area contributed by atoms with Crippen molar-refractivity contribution in [1.29, 1.82) is 0 Å². The van der Waals surface area contributed by atoms with Crippen LogP contribution < -0.4 is 0 Å². The molecule has 0 radical (unpaired) electrons. The zero-order chi connectivity index (χ0) is 18.2. The molecule has 1 aliphatic heterocycles. The van der Waals surface area contributed by atoms with E-state index in [4.69, 9.17) is 9.15 Å². The Morgan fingerprint density at radius 3 is 2.58 bits per heavy atom. The van der Waals surface area contributed by atoms with Crippen molar-refractivity contribution in [2.24, 2.45) is 5.92 Å². The quantitative estimate of drug-likeness (QED) is 0.590. The lowest BCUT2D eigenvalue weighted by Crippen LogP contribution is -2.41. The van der Waals surface area contributed by atoms with E-state index < -0.39 is 5.97 Å². The molecule has 136 valence electrons. The number of hydrogen-bond donors (Lipinski definition) is 0. The highest BCUT2D eigenvalue weighted by molar-refractivity contribution is 5.88. The molecule has 1 fully saturated rings. The van der Waals surface area contributed by atoms with E-state index in [9.17, 15) is 9.59 Å². The maximum Gasteiger partial charge on any atom is 0.331 e. The van der Waals surface area contributed by atoms with E-state index in [2.05, 4.69) is 24.3 Å². The van der Waals surface area contributed by atoms with E-state index >= 15 is 0 Å². The third-order valence-corrected chi connectivity index (χ3v) is 4.60. The first-order chi connectivity index (χ1) is 12.7. The standard InChI is InChI=1S/C21H23NO4/c23-20(16-26-21(24)9-8-19-7-4-14-25-19)22-12-10-18(11-13-22)15-17-5-2-1-3-6-17/h1-9,14,18H,10-13,15-16H2/b9-8+. The number of ether oxygens (including phenoxy) is 1. The number of esters is 1. The van der Waals surface area contributed by atoms with Crippen LogP contribution in [0.4, 0.5) is 0 Å². The van der Waals surface area contributed by atoms with E-state index in [1.807, 2.05) is 6.07 Å². The third-order valence-electron chi connectivity index (χ3n) is 4.60. The first-order valence-corrected chi connectivity index (χ1v) is 8.91. The van der Waals surface area contributed by atoms with Gasteiger partial charge in [0.05, 0.1) is 6.26 Å². The molecule has 0 saturated carbocycles. The van der Waals surface area contributed by atoms with E-state index in [1.54, 1.807) is 17.0 Å². The molecule has 0 unspecified atom stereocenters. The van der Waals surface area contributed by atoms with Crippen molar-refractivity contribution in [3.8, 4) is 0 Å². The Hall–Kier alpha value is -2.82. The van der Waals surface area contributed by atoms with Gasteiger partial charge in [0.15, 0.2) is 6.61 Å². The number of carbonyl (C=O) groups is 2. The summed E-state index contributed by atoms with van der Waals surface area (Å²) in [5, 5.41) is 0. The van der Waals surface area contributed by atoms with Gasteiger partial charge in [-0.25, -0.2) is 4.79 Å². The monoisotopic (exact) mass is 353 g/mol. The first-order valence-electron chi connectivity index (χ1n) is 8.91. The molecular formula is C21H23NO4. The van der Waals surface area contributed by atoms with Gasteiger partial charge in [0.2, 0.25) is 0 Å². The number of likely N-dealkylation sites (tertiary alicyclic amines) is 1. The molecule has 1 aromatic heterocycles. The molecular weight excluding hydrogens is 330 g/mol. The maximum atomic E-state index is 12.2. The Bertz CT molecular complexity index is 729. The Balaban J connectivity index is 1.37.